The zero-order valence-corrected chi connectivity index (χ0v) is 17.0. The summed E-state index contributed by atoms with van der Waals surface area (Å²) in [5.41, 5.74) is 1.38. The number of aromatic nitrogens is 1. The molecule has 1 aromatic carbocycles. The second-order valence-corrected chi connectivity index (χ2v) is 6.35. The minimum Gasteiger partial charge on any atom is -0.356 e. The van der Waals surface area contributed by atoms with Crippen LogP contribution in [0.2, 0.25) is 0 Å². The molecule has 24 heavy (non-hydrogen) atoms. The van der Waals surface area contributed by atoms with Gasteiger partial charge in [-0.15, -0.1) is 35.3 Å². The van der Waals surface area contributed by atoms with Crippen LogP contribution in [-0.4, -0.2) is 24.5 Å². The summed E-state index contributed by atoms with van der Waals surface area (Å²) in [6.45, 7) is 5.05. The summed E-state index contributed by atoms with van der Waals surface area (Å²) >= 11 is 1.64. The molecule has 0 unspecified atom stereocenters. The second-order valence-electron chi connectivity index (χ2n) is 5.06. The van der Waals surface area contributed by atoms with Crippen LogP contribution in [0.15, 0.2) is 23.2 Å². The van der Waals surface area contributed by atoms with Crippen molar-refractivity contribution in [1.82, 2.24) is 15.6 Å². The molecule has 0 amide bonds. The Balaban J connectivity index is 0.00000288. The third-order valence-electron chi connectivity index (χ3n) is 3.42. The van der Waals surface area contributed by atoms with Crippen LogP contribution < -0.4 is 10.6 Å². The molecule has 0 aliphatic rings. The van der Waals surface area contributed by atoms with Gasteiger partial charge in [-0.2, -0.15) is 0 Å². The van der Waals surface area contributed by atoms with Crippen LogP contribution in [0.3, 0.4) is 0 Å². The Kier molecular flexibility index (Phi) is 8.54. The van der Waals surface area contributed by atoms with E-state index in [1.165, 1.54) is 10.9 Å². The minimum atomic E-state index is -0.820. The van der Waals surface area contributed by atoms with E-state index in [4.69, 9.17) is 0 Å². The molecule has 1 heterocycles. The Morgan fingerprint density at radius 2 is 2.00 bits per heavy atom. The maximum atomic E-state index is 13.6. The Morgan fingerprint density at radius 3 is 2.62 bits per heavy atom. The van der Waals surface area contributed by atoms with Crippen molar-refractivity contribution in [2.75, 3.05) is 13.6 Å². The fourth-order valence-electron chi connectivity index (χ4n) is 2.05. The van der Waals surface area contributed by atoms with E-state index in [0.29, 0.717) is 31.0 Å². The number of benzene rings is 1. The van der Waals surface area contributed by atoms with Gasteiger partial charge in [0.15, 0.2) is 17.6 Å². The van der Waals surface area contributed by atoms with Gasteiger partial charge in [0.25, 0.3) is 0 Å². The highest BCUT2D eigenvalue weighted by Crippen LogP contribution is 2.15. The molecule has 8 heteroatoms. The van der Waals surface area contributed by atoms with E-state index in [1.54, 1.807) is 24.5 Å². The largest absolute Gasteiger partial charge is 0.356 e. The Bertz CT molecular complexity index is 684. The van der Waals surface area contributed by atoms with E-state index < -0.39 is 11.6 Å². The van der Waals surface area contributed by atoms with E-state index in [2.05, 4.69) is 20.6 Å². The average Bonchev–Trinajstić information content (AvgIpc) is 2.85. The summed E-state index contributed by atoms with van der Waals surface area (Å²) < 4.78 is 26.7. The summed E-state index contributed by atoms with van der Waals surface area (Å²) in [4.78, 5) is 9.75. The molecule has 0 radical (unpaired) electrons. The maximum Gasteiger partial charge on any atom is 0.191 e. The van der Waals surface area contributed by atoms with E-state index in [-0.39, 0.29) is 24.0 Å². The van der Waals surface area contributed by atoms with Crippen molar-refractivity contribution in [2.45, 2.75) is 26.8 Å². The van der Waals surface area contributed by atoms with Crippen LogP contribution >= 0.6 is 35.3 Å². The maximum absolute atomic E-state index is 13.6. The molecule has 0 aliphatic carbocycles. The fraction of sp³-hybridized carbons (Fsp3) is 0.375. The van der Waals surface area contributed by atoms with Gasteiger partial charge in [-0.1, -0.05) is 12.1 Å². The van der Waals surface area contributed by atoms with Crippen LogP contribution in [0.4, 0.5) is 8.78 Å². The number of rotatable bonds is 5. The van der Waals surface area contributed by atoms with Crippen molar-refractivity contribution in [2.24, 2.45) is 4.99 Å². The number of nitrogens with zero attached hydrogens (tertiary/aromatic N) is 2. The predicted octanol–water partition coefficient (Wildman–Crippen LogP) is 3.56. The summed E-state index contributed by atoms with van der Waals surface area (Å²) in [5, 5.41) is 7.23. The van der Waals surface area contributed by atoms with E-state index >= 15 is 0 Å². The topological polar surface area (TPSA) is 49.3 Å². The van der Waals surface area contributed by atoms with Gasteiger partial charge in [-0.3, -0.25) is 4.99 Å². The predicted molar refractivity (Wildman–Crippen MR) is 105 cm³/mol. The lowest BCUT2D eigenvalue weighted by Gasteiger charge is -2.11. The summed E-state index contributed by atoms with van der Waals surface area (Å²) in [5.74, 6) is -1.00. The first-order valence-electron chi connectivity index (χ1n) is 7.31. The van der Waals surface area contributed by atoms with Crippen LogP contribution in [-0.2, 0) is 13.0 Å². The third-order valence-corrected chi connectivity index (χ3v) is 4.49. The van der Waals surface area contributed by atoms with Gasteiger partial charge in [-0.05, 0) is 31.9 Å². The summed E-state index contributed by atoms with van der Waals surface area (Å²) in [6, 6.07) is 4.20. The molecular weight excluding hydrogens is 445 g/mol. The molecule has 2 N–H and O–H groups in total. The van der Waals surface area contributed by atoms with Crippen molar-refractivity contribution in [3.8, 4) is 0 Å². The zero-order chi connectivity index (χ0) is 16.8. The molecule has 0 bridgehead atoms. The lowest BCUT2D eigenvalue weighted by atomic mass is 10.1. The Morgan fingerprint density at radius 1 is 1.25 bits per heavy atom. The SMILES string of the molecule is CN=C(NCCc1cccc(F)c1F)NCc1nc(C)c(C)s1.I. The van der Waals surface area contributed by atoms with E-state index in [0.717, 1.165) is 16.8 Å². The van der Waals surface area contributed by atoms with Crippen molar-refractivity contribution in [3.05, 3.63) is 51.0 Å². The molecule has 0 atom stereocenters. The van der Waals surface area contributed by atoms with Crippen LogP contribution in [0.25, 0.3) is 0 Å². The van der Waals surface area contributed by atoms with Crippen molar-refractivity contribution in [1.29, 1.82) is 0 Å². The number of nitrogens with one attached hydrogen (secondary N) is 2. The van der Waals surface area contributed by atoms with Gasteiger partial charge in [0, 0.05) is 18.5 Å². The van der Waals surface area contributed by atoms with Crippen molar-refractivity contribution in [3.63, 3.8) is 0 Å². The number of halogens is 3. The average molecular weight is 466 g/mol. The zero-order valence-electron chi connectivity index (χ0n) is 13.8. The molecule has 1 aromatic heterocycles. The molecule has 0 saturated carbocycles. The summed E-state index contributed by atoms with van der Waals surface area (Å²) in [7, 11) is 1.66. The molecule has 2 rings (SSSR count). The van der Waals surface area contributed by atoms with E-state index in [9.17, 15) is 8.78 Å². The lowest BCUT2D eigenvalue weighted by Crippen LogP contribution is -2.37. The second kappa shape index (κ2) is 9.87. The fourth-order valence-corrected chi connectivity index (χ4v) is 2.93. The van der Waals surface area contributed by atoms with Crippen LogP contribution in [0.5, 0.6) is 0 Å². The quantitative estimate of drug-likeness (QED) is 0.403. The number of thiazole rings is 1. The normalized spacial score (nSPS) is 11.1. The number of aliphatic imine (C=N–C) groups is 1. The molecule has 0 saturated heterocycles. The molecule has 0 fully saturated rings. The lowest BCUT2D eigenvalue weighted by molar-refractivity contribution is 0.498. The number of hydrogen-bond acceptors (Lipinski definition) is 3. The third kappa shape index (κ3) is 5.66. The molecule has 2 aromatic rings. The first-order valence-corrected chi connectivity index (χ1v) is 8.13. The van der Waals surface area contributed by atoms with E-state index in [1.807, 2.05) is 13.8 Å². The molecule has 0 aliphatic heterocycles. The van der Waals surface area contributed by atoms with Gasteiger partial charge >= 0.3 is 0 Å². The first kappa shape index (κ1) is 20.8. The highest BCUT2D eigenvalue weighted by molar-refractivity contribution is 14.0. The molecule has 0 spiro atoms. The van der Waals surface area contributed by atoms with Gasteiger partial charge in [-0.25, -0.2) is 13.8 Å². The number of hydrogen-bond donors (Lipinski definition) is 2. The number of aryl methyl sites for hydroxylation is 2. The smallest absolute Gasteiger partial charge is 0.191 e. The summed E-state index contributed by atoms with van der Waals surface area (Å²) in [6.07, 6.45) is 0.375. The van der Waals surface area contributed by atoms with Crippen molar-refractivity contribution >= 4 is 41.3 Å². The van der Waals surface area contributed by atoms with Crippen LogP contribution in [0, 0.1) is 25.5 Å². The van der Waals surface area contributed by atoms with Crippen LogP contribution in [0.1, 0.15) is 21.1 Å². The monoisotopic (exact) mass is 466 g/mol. The van der Waals surface area contributed by atoms with Gasteiger partial charge in [0.2, 0.25) is 0 Å². The Labute approximate surface area is 161 Å². The van der Waals surface area contributed by atoms with Crippen molar-refractivity contribution < 1.29 is 8.78 Å². The molecule has 4 nitrogen and oxygen atoms in total. The Hall–Kier alpha value is -1.29. The highest BCUT2D eigenvalue weighted by atomic mass is 127. The minimum absolute atomic E-state index is 0. The van der Waals surface area contributed by atoms with Gasteiger partial charge in [0.05, 0.1) is 12.2 Å². The first-order chi connectivity index (χ1) is 11.0. The molecular formula is C16H21F2IN4S. The van der Waals surface area contributed by atoms with Gasteiger partial charge in [0.1, 0.15) is 5.01 Å². The van der Waals surface area contributed by atoms with Gasteiger partial charge < -0.3 is 10.6 Å². The standard InChI is InChI=1S/C16H20F2N4S.HI/c1-10-11(2)23-14(22-10)9-21-16(19-3)20-8-7-12-5-4-6-13(17)15(12)18;/h4-6H,7-9H2,1-3H3,(H2,19,20,21);1H. The highest BCUT2D eigenvalue weighted by Gasteiger charge is 2.08. The molecule has 132 valence electrons. The number of guanidine groups is 1.